The molecule has 0 atom stereocenters. The second-order valence-electron chi connectivity index (χ2n) is 4.61. The quantitative estimate of drug-likeness (QED) is 0.826. The molecule has 2 aromatic carbocycles. The molecule has 19 heavy (non-hydrogen) atoms. The van der Waals surface area contributed by atoms with Crippen LogP contribution in [-0.4, -0.2) is 17.1 Å². The molecule has 2 N–H and O–H groups in total. The van der Waals surface area contributed by atoms with Crippen molar-refractivity contribution >= 4 is 34.0 Å². The minimum atomic E-state index is -0.185. The van der Waals surface area contributed by atoms with Gasteiger partial charge < -0.3 is 5.32 Å². The van der Waals surface area contributed by atoms with Crippen molar-refractivity contribution in [2.45, 2.75) is 19.9 Å². The number of hydrogen-bond donors (Lipinski definition) is 2. The van der Waals surface area contributed by atoms with Crippen LogP contribution >= 0.6 is 12.2 Å². The van der Waals surface area contributed by atoms with Gasteiger partial charge >= 0.3 is 0 Å². The first-order valence-electron chi connectivity index (χ1n) is 6.17. The normalized spacial score (nSPS) is 10.5. The lowest BCUT2D eigenvalue weighted by atomic mass is 10.0. The molecule has 0 fully saturated rings. The van der Waals surface area contributed by atoms with Gasteiger partial charge in [0.15, 0.2) is 5.11 Å². The largest absolute Gasteiger partial charge is 0.360 e. The van der Waals surface area contributed by atoms with Crippen molar-refractivity contribution in [3.05, 3.63) is 48.0 Å². The minimum Gasteiger partial charge on any atom is -0.360 e. The molecule has 2 rings (SSSR count). The zero-order valence-electron chi connectivity index (χ0n) is 10.9. The van der Waals surface area contributed by atoms with Gasteiger partial charge in [0, 0.05) is 11.6 Å². The summed E-state index contributed by atoms with van der Waals surface area (Å²) in [4.78, 5) is 12.2. The van der Waals surface area contributed by atoms with Crippen LogP contribution in [0, 0.1) is 0 Å². The Hall–Kier alpha value is -1.94. The van der Waals surface area contributed by atoms with Crippen LogP contribution in [0.15, 0.2) is 42.5 Å². The predicted octanol–water partition coefficient (Wildman–Crippen LogP) is 2.85. The van der Waals surface area contributed by atoms with Crippen molar-refractivity contribution in [2.75, 3.05) is 0 Å². The number of thiocarbonyl (C=S) groups is 1. The van der Waals surface area contributed by atoms with Crippen molar-refractivity contribution < 1.29 is 4.79 Å². The molecule has 0 aliphatic rings. The predicted molar refractivity (Wildman–Crippen MR) is 82.3 cm³/mol. The summed E-state index contributed by atoms with van der Waals surface area (Å²) < 4.78 is 0. The van der Waals surface area contributed by atoms with Crippen LogP contribution in [0.2, 0.25) is 0 Å². The summed E-state index contributed by atoms with van der Waals surface area (Å²) >= 11 is 5.09. The van der Waals surface area contributed by atoms with Gasteiger partial charge in [0.05, 0.1) is 0 Å². The molecule has 2 aromatic rings. The van der Waals surface area contributed by atoms with E-state index in [0.29, 0.717) is 10.7 Å². The summed E-state index contributed by atoms with van der Waals surface area (Å²) in [6, 6.07) is 13.6. The second-order valence-corrected chi connectivity index (χ2v) is 5.02. The van der Waals surface area contributed by atoms with Crippen LogP contribution in [0.1, 0.15) is 24.2 Å². The van der Waals surface area contributed by atoms with Gasteiger partial charge in [-0.2, -0.15) is 0 Å². The second kappa shape index (κ2) is 5.80. The summed E-state index contributed by atoms with van der Waals surface area (Å²) in [6.45, 7) is 3.94. The van der Waals surface area contributed by atoms with Gasteiger partial charge in [-0.25, -0.2) is 0 Å². The zero-order chi connectivity index (χ0) is 13.8. The van der Waals surface area contributed by atoms with E-state index >= 15 is 0 Å². The molecule has 0 saturated heterocycles. The molecule has 0 aliphatic heterocycles. The fourth-order valence-electron chi connectivity index (χ4n) is 1.89. The van der Waals surface area contributed by atoms with Crippen LogP contribution in [-0.2, 0) is 0 Å². The molecule has 0 radical (unpaired) electrons. The summed E-state index contributed by atoms with van der Waals surface area (Å²) in [5.41, 5.74) is 0.631. The van der Waals surface area contributed by atoms with E-state index in [4.69, 9.17) is 12.2 Å². The number of fused-ring (bicyclic) bond motifs is 1. The fourth-order valence-corrected chi connectivity index (χ4v) is 2.22. The van der Waals surface area contributed by atoms with Crippen molar-refractivity contribution in [3.8, 4) is 0 Å². The minimum absolute atomic E-state index is 0.185. The Bertz CT molecular complexity index is 617. The molecule has 0 aliphatic carbocycles. The SMILES string of the molecule is CC(C)NC(=S)NC(=O)c1cccc2ccccc12. The van der Waals surface area contributed by atoms with Gasteiger partial charge in [-0.15, -0.1) is 0 Å². The Balaban J connectivity index is 2.24. The molecule has 0 spiro atoms. The highest BCUT2D eigenvalue weighted by Gasteiger charge is 2.11. The molecule has 98 valence electrons. The van der Waals surface area contributed by atoms with E-state index in [1.165, 1.54) is 0 Å². The van der Waals surface area contributed by atoms with Gasteiger partial charge in [-0.3, -0.25) is 10.1 Å². The van der Waals surface area contributed by atoms with Crippen LogP contribution in [0.5, 0.6) is 0 Å². The Morgan fingerprint density at radius 2 is 1.79 bits per heavy atom. The molecule has 0 aromatic heterocycles. The fraction of sp³-hybridized carbons (Fsp3) is 0.200. The summed E-state index contributed by atoms with van der Waals surface area (Å²) in [5.74, 6) is -0.185. The smallest absolute Gasteiger partial charge is 0.258 e. The van der Waals surface area contributed by atoms with Crippen molar-refractivity contribution in [1.29, 1.82) is 0 Å². The Morgan fingerprint density at radius 1 is 1.11 bits per heavy atom. The maximum Gasteiger partial charge on any atom is 0.258 e. The van der Waals surface area contributed by atoms with Crippen LogP contribution in [0.4, 0.5) is 0 Å². The summed E-state index contributed by atoms with van der Waals surface area (Å²) in [7, 11) is 0. The monoisotopic (exact) mass is 272 g/mol. The molecular weight excluding hydrogens is 256 g/mol. The third kappa shape index (κ3) is 3.29. The third-order valence-electron chi connectivity index (χ3n) is 2.68. The number of carbonyl (C=O) groups excluding carboxylic acids is 1. The molecule has 1 amide bonds. The molecule has 0 unspecified atom stereocenters. The summed E-state index contributed by atoms with van der Waals surface area (Å²) in [5, 5.41) is 8.01. The zero-order valence-corrected chi connectivity index (χ0v) is 11.8. The maximum atomic E-state index is 12.2. The van der Waals surface area contributed by atoms with Crippen LogP contribution in [0.25, 0.3) is 10.8 Å². The van der Waals surface area contributed by atoms with E-state index < -0.39 is 0 Å². The molecule has 3 nitrogen and oxygen atoms in total. The van der Waals surface area contributed by atoms with E-state index in [-0.39, 0.29) is 11.9 Å². The average Bonchev–Trinajstić information content (AvgIpc) is 2.36. The molecule has 0 bridgehead atoms. The first-order chi connectivity index (χ1) is 9.08. The Morgan fingerprint density at radius 3 is 2.53 bits per heavy atom. The first-order valence-corrected chi connectivity index (χ1v) is 6.58. The highest BCUT2D eigenvalue weighted by molar-refractivity contribution is 7.80. The highest BCUT2D eigenvalue weighted by Crippen LogP contribution is 2.18. The van der Waals surface area contributed by atoms with Crippen LogP contribution in [0.3, 0.4) is 0 Å². The third-order valence-corrected chi connectivity index (χ3v) is 2.90. The first kappa shape index (κ1) is 13.5. The molecule has 0 heterocycles. The Kier molecular flexibility index (Phi) is 4.12. The van der Waals surface area contributed by atoms with Crippen molar-refractivity contribution in [1.82, 2.24) is 10.6 Å². The lowest BCUT2D eigenvalue weighted by Crippen LogP contribution is -2.42. The molecule has 4 heteroatoms. The molecular formula is C15H16N2OS. The maximum absolute atomic E-state index is 12.2. The van der Waals surface area contributed by atoms with E-state index in [9.17, 15) is 4.79 Å². The van der Waals surface area contributed by atoms with Gasteiger partial charge in [-0.1, -0.05) is 36.4 Å². The number of benzene rings is 2. The van der Waals surface area contributed by atoms with Gasteiger partial charge in [0.1, 0.15) is 0 Å². The standard InChI is InChI=1S/C15H16N2OS/c1-10(2)16-15(19)17-14(18)13-9-5-7-11-6-3-4-8-12(11)13/h3-10H,1-2H3,(H2,16,17,18,19). The van der Waals surface area contributed by atoms with Crippen molar-refractivity contribution in [3.63, 3.8) is 0 Å². The number of rotatable bonds is 2. The number of nitrogens with one attached hydrogen (secondary N) is 2. The van der Waals surface area contributed by atoms with Crippen LogP contribution < -0.4 is 10.6 Å². The topological polar surface area (TPSA) is 41.1 Å². The van der Waals surface area contributed by atoms with E-state index in [0.717, 1.165) is 10.8 Å². The number of hydrogen-bond acceptors (Lipinski definition) is 2. The number of carbonyl (C=O) groups is 1. The van der Waals surface area contributed by atoms with E-state index in [2.05, 4.69) is 10.6 Å². The van der Waals surface area contributed by atoms with E-state index in [1.807, 2.05) is 50.2 Å². The van der Waals surface area contributed by atoms with Gasteiger partial charge in [0.25, 0.3) is 5.91 Å². The Labute approximate surface area is 118 Å². The number of amides is 1. The average molecular weight is 272 g/mol. The van der Waals surface area contributed by atoms with Crippen molar-refractivity contribution in [2.24, 2.45) is 0 Å². The highest BCUT2D eigenvalue weighted by atomic mass is 32.1. The molecule has 0 saturated carbocycles. The van der Waals surface area contributed by atoms with E-state index in [1.54, 1.807) is 6.07 Å². The summed E-state index contributed by atoms with van der Waals surface area (Å²) in [6.07, 6.45) is 0. The lowest BCUT2D eigenvalue weighted by Gasteiger charge is -2.13. The lowest BCUT2D eigenvalue weighted by molar-refractivity contribution is 0.0978. The van der Waals surface area contributed by atoms with Gasteiger partial charge in [0.2, 0.25) is 0 Å². The van der Waals surface area contributed by atoms with Gasteiger partial charge in [-0.05, 0) is 42.9 Å².